The summed E-state index contributed by atoms with van der Waals surface area (Å²) in [6.07, 6.45) is 4.14. The number of nitrogens with one attached hydrogen (secondary N) is 1. The molecule has 2 saturated heterocycles. The van der Waals surface area contributed by atoms with Gasteiger partial charge >= 0.3 is 6.03 Å². The van der Waals surface area contributed by atoms with Crippen molar-refractivity contribution in [1.82, 2.24) is 15.1 Å². The van der Waals surface area contributed by atoms with E-state index in [0.717, 1.165) is 32.2 Å². The molecular formula is C16H27N3O3. The third kappa shape index (κ3) is 3.72. The van der Waals surface area contributed by atoms with Crippen LogP contribution in [0.4, 0.5) is 4.79 Å². The Balaban J connectivity index is 1.56. The number of urea groups is 1. The van der Waals surface area contributed by atoms with Crippen molar-refractivity contribution in [2.24, 2.45) is 5.92 Å². The van der Waals surface area contributed by atoms with Crippen molar-refractivity contribution in [2.75, 3.05) is 26.2 Å². The molecule has 3 fully saturated rings. The Labute approximate surface area is 132 Å². The van der Waals surface area contributed by atoms with E-state index in [1.165, 1.54) is 0 Å². The first-order valence-electron chi connectivity index (χ1n) is 8.52. The molecule has 0 spiro atoms. The standard InChI is InChI=1S/C16H27N3O3/c1-11-8-19(9-12(2)22-11)15(20)13-4-3-7-18(10-13)16(21)17-14-5-6-14/h11-14H,3-10H2,1-2H3,(H,17,21). The van der Waals surface area contributed by atoms with E-state index in [1.54, 1.807) is 0 Å². The van der Waals surface area contributed by atoms with Crippen LogP contribution in [-0.2, 0) is 9.53 Å². The summed E-state index contributed by atoms with van der Waals surface area (Å²) in [5, 5.41) is 3.02. The predicted octanol–water partition coefficient (Wildman–Crippen LogP) is 1.21. The molecule has 3 unspecified atom stereocenters. The smallest absolute Gasteiger partial charge is 0.317 e. The van der Waals surface area contributed by atoms with Gasteiger partial charge in [0.1, 0.15) is 0 Å². The molecule has 3 amide bonds. The van der Waals surface area contributed by atoms with Crippen LogP contribution in [-0.4, -0.2) is 66.2 Å². The molecule has 3 aliphatic rings. The maximum absolute atomic E-state index is 12.8. The molecular weight excluding hydrogens is 282 g/mol. The highest BCUT2D eigenvalue weighted by atomic mass is 16.5. The van der Waals surface area contributed by atoms with Crippen LogP contribution >= 0.6 is 0 Å². The first-order chi connectivity index (χ1) is 10.5. The number of carbonyl (C=O) groups excluding carboxylic acids is 2. The van der Waals surface area contributed by atoms with Crippen molar-refractivity contribution < 1.29 is 14.3 Å². The zero-order valence-corrected chi connectivity index (χ0v) is 13.6. The molecule has 6 heteroatoms. The van der Waals surface area contributed by atoms with Crippen molar-refractivity contribution in [1.29, 1.82) is 0 Å². The summed E-state index contributed by atoms with van der Waals surface area (Å²) < 4.78 is 5.70. The van der Waals surface area contributed by atoms with Crippen molar-refractivity contribution in [3.05, 3.63) is 0 Å². The van der Waals surface area contributed by atoms with Gasteiger partial charge < -0.3 is 19.9 Å². The fourth-order valence-corrected chi connectivity index (χ4v) is 3.47. The number of hydrogen-bond donors (Lipinski definition) is 1. The molecule has 0 aromatic heterocycles. The number of piperidine rings is 1. The highest BCUT2D eigenvalue weighted by molar-refractivity contribution is 5.81. The minimum atomic E-state index is -0.0591. The average Bonchev–Trinajstić information content (AvgIpc) is 3.29. The van der Waals surface area contributed by atoms with E-state index < -0.39 is 0 Å². The highest BCUT2D eigenvalue weighted by Crippen LogP contribution is 2.23. The van der Waals surface area contributed by atoms with Crippen LogP contribution in [0.25, 0.3) is 0 Å². The monoisotopic (exact) mass is 309 g/mol. The predicted molar refractivity (Wildman–Crippen MR) is 82.4 cm³/mol. The Morgan fingerprint density at radius 3 is 2.32 bits per heavy atom. The van der Waals surface area contributed by atoms with Crippen molar-refractivity contribution in [3.8, 4) is 0 Å². The van der Waals surface area contributed by atoms with Gasteiger partial charge in [-0.3, -0.25) is 4.79 Å². The van der Waals surface area contributed by atoms with E-state index in [-0.39, 0.29) is 30.1 Å². The second-order valence-corrected chi connectivity index (χ2v) is 7.01. The molecule has 124 valence electrons. The number of carbonyl (C=O) groups is 2. The second-order valence-electron chi connectivity index (χ2n) is 7.01. The zero-order valence-electron chi connectivity index (χ0n) is 13.6. The fourth-order valence-electron chi connectivity index (χ4n) is 3.47. The van der Waals surface area contributed by atoms with E-state index >= 15 is 0 Å². The van der Waals surface area contributed by atoms with E-state index in [4.69, 9.17) is 4.74 Å². The molecule has 2 aliphatic heterocycles. The lowest BCUT2D eigenvalue weighted by atomic mass is 9.96. The lowest BCUT2D eigenvalue weighted by molar-refractivity contribution is -0.148. The SMILES string of the molecule is CC1CN(C(=O)C2CCCN(C(=O)NC3CC3)C2)CC(C)O1. The van der Waals surface area contributed by atoms with Gasteiger partial charge in [0, 0.05) is 32.2 Å². The molecule has 2 heterocycles. The topological polar surface area (TPSA) is 61.9 Å². The lowest BCUT2D eigenvalue weighted by Gasteiger charge is -2.39. The first-order valence-corrected chi connectivity index (χ1v) is 8.52. The Hall–Kier alpha value is -1.30. The summed E-state index contributed by atoms with van der Waals surface area (Å²) in [6, 6.07) is 0.369. The molecule has 3 rings (SSSR count). The maximum Gasteiger partial charge on any atom is 0.317 e. The lowest BCUT2D eigenvalue weighted by Crippen LogP contribution is -2.54. The first kappa shape index (κ1) is 15.6. The molecule has 0 bridgehead atoms. The molecule has 22 heavy (non-hydrogen) atoms. The normalized spacial score (nSPS) is 32.7. The summed E-state index contributed by atoms with van der Waals surface area (Å²) in [7, 11) is 0. The molecule has 1 aliphatic carbocycles. The molecule has 1 N–H and O–H groups in total. The molecule has 3 atom stereocenters. The number of morpholine rings is 1. The van der Waals surface area contributed by atoms with Crippen LogP contribution in [0.1, 0.15) is 39.5 Å². The quantitative estimate of drug-likeness (QED) is 0.834. The second kappa shape index (κ2) is 6.44. The number of rotatable bonds is 2. The van der Waals surface area contributed by atoms with Gasteiger partial charge in [0.2, 0.25) is 5.91 Å². The van der Waals surface area contributed by atoms with E-state index in [9.17, 15) is 9.59 Å². The van der Waals surface area contributed by atoms with Gasteiger partial charge in [-0.25, -0.2) is 4.79 Å². The van der Waals surface area contributed by atoms with Gasteiger partial charge in [0.05, 0.1) is 18.1 Å². The van der Waals surface area contributed by atoms with Crippen LogP contribution in [0.2, 0.25) is 0 Å². The Kier molecular flexibility index (Phi) is 4.57. The van der Waals surface area contributed by atoms with Gasteiger partial charge in [0.25, 0.3) is 0 Å². The Morgan fingerprint density at radius 1 is 1.00 bits per heavy atom. The number of amides is 3. The minimum absolute atomic E-state index is 0.00344. The van der Waals surface area contributed by atoms with Gasteiger partial charge in [-0.05, 0) is 39.5 Å². The van der Waals surface area contributed by atoms with Crippen LogP contribution in [0.5, 0.6) is 0 Å². The molecule has 1 saturated carbocycles. The Morgan fingerprint density at radius 2 is 1.68 bits per heavy atom. The van der Waals surface area contributed by atoms with Crippen LogP contribution in [0, 0.1) is 5.92 Å². The van der Waals surface area contributed by atoms with Gasteiger partial charge in [-0.1, -0.05) is 0 Å². The highest BCUT2D eigenvalue weighted by Gasteiger charge is 2.35. The van der Waals surface area contributed by atoms with Crippen LogP contribution in [0.15, 0.2) is 0 Å². The fraction of sp³-hybridized carbons (Fsp3) is 0.875. The van der Waals surface area contributed by atoms with E-state index in [0.29, 0.717) is 25.7 Å². The maximum atomic E-state index is 12.8. The third-order valence-corrected chi connectivity index (χ3v) is 4.69. The average molecular weight is 309 g/mol. The van der Waals surface area contributed by atoms with Gasteiger partial charge in [-0.15, -0.1) is 0 Å². The number of ether oxygens (including phenoxy) is 1. The Bertz CT molecular complexity index is 428. The van der Waals surface area contributed by atoms with Crippen molar-refractivity contribution in [2.45, 2.75) is 57.8 Å². The summed E-state index contributed by atoms with van der Waals surface area (Å²) in [6.45, 7) is 6.65. The van der Waals surface area contributed by atoms with Gasteiger partial charge in [-0.2, -0.15) is 0 Å². The summed E-state index contributed by atoms with van der Waals surface area (Å²) in [4.78, 5) is 28.7. The van der Waals surface area contributed by atoms with E-state index in [2.05, 4.69) is 5.32 Å². The minimum Gasteiger partial charge on any atom is -0.372 e. The zero-order chi connectivity index (χ0) is 15.7. The summed E-state index contributed by atoms with van der Waals surface area (Å²) in [5.74, 6) is 0.127. The third-order valence-electron chi connectivity index (χ3n) is 4.69. The number of nitrogens with zero attached hydrogens (tertiary/aromatic N) is 2. The van der Waals surface area contributed by atoms with Crippen LogP contribution < -0.4 is 5.32 Å². The van der Waals surface area contributed by atoms with E-state index in [1.807, 2.05) is 23.6 Å². The van der Waals surface area contributed by atoms with Gasteiger partial charge in [0.15, 0.2) is 0 Å². The van der Waals surface area contributed by atoms with Crippen molar-refractivity contribution >= 4 is 11.9 Å². The summed E-state index contributed by atoms with van der Waals surface area (Å²) in [5.41, 5.74) is 0. The molecule has 0 aromatic carbocycles. The largest absolute Gasteiger partial charge is 0.372 e. The number of hydrogen-bond acceptors (Lipinski definition) is 3. The molecule has 6 nitrogen and oxygen atoms in total. The molecule has 0 radical (unpaired) electrons. The number of likely N-dealkylation sites (tertiary alicyclic amines) is 1. The van der Waals surface area contributed by atoms with Crippen LogP contribution in [0.3, 0.4) is 0 Å². The van der Waals surface area contributed by atoms with Crippen molar-refractivity contribution in [3.63, 3.8) is 0 Å². The summed E-state index contributed by atoms with van der Waals surface area (Å²) >= 11 is 0. The molecule has 0 aromatic rings.